The fraction of sp³-hybridized carbons (Fsp3) is 0. The Balaban J connectivity index is 1.84. The Morgan fingerprint density at radius 3 is 1.30 bits per heavy atom. The van der Waals surface area contributed by atoms with E-state index in [-0.39, 0.29) is 16.7 Å². The van der Waals surface area contributed by atoms with Crippen LogP contribution in [0.25, 0.3) is 33.9 Å². The maximum absolute atomic E-state index is 11.2. The summed E-state index contributed by atoms with van der Waals surface area (Å²) < 4.78 is 0. The summed E-state index contributed by atoms with van der Waals surface area (Å²) in [4.78, 5) is 46.4. The molecule has 0 unspecified atom stereocenters. The maximum atomic E-state index is 11.2. The molecule has 9 nitrogen and oxygen atoms in total. The van der Waals surface area contributed by atoms with Crippen LogP contribution in [0.15, 0.2) is 73.1 Å². The fourth-order valence-corrected chi connectivity index (χ4v) is 3.11. The molecule has 9 heteroatoms. The van der Waals surface area contributed by atoms with Gasteiger partial charge in [-0.2, -0.15) is 0 Å². The lowest BCUT2D eigenvalue weighted by Gasteiger charge is -2.10. The first-order chi connectivity index (χ1) is 15.8. The topological polar surface area (TPSA) is 151 Å². The minimum Gasteiger partial charge on any atom is -0.478 e. The zero-order chi connectivity index (χ0) is 23.5. The Bertz CT molecular complexity index is 1180. The molecule has 0 saturated carbocycles. The molecule has 0 saturated heterocycles. The Hall–Kier alpha value is -4.92. The first kappa shape index (κ1) is 21.3. The van der Waals surface area contributed by atoms with Crippen LogP contribution in [0.2, 0.25) is 0 Å². The van der Waals surface area contributed by atoms with Gasteiger partial charge in [-0.1, -0.05) is 12.1 Å². The number of aromatic nitrogens is 3. The highest BCUT2D eigenvalue weighted by molar-refractivity contribution is 5.89. The van der Waals surface area contributed by atoms with Crippen molar-refractivity contribution in [2.75, 3.05) is 0 Å². The number of carboxylic acid groups (broad SMARTS) is 3. The summed E-state index contributed by atoms with van der Waals surface area (Å²) in [6, 6.07) is 15.7. The Morgan fingerprint density at radius 2 is 0.939 bits per heavy atom. The number of rotatable bonds is 6. The molecule has 0 radical (unpaired) electrons. The molecule has 0 spiro atoms. The van der Waals surface area contributed by atoms with E-state index in [1.165, 1.54) is 48.8 Å². The van der Waals surface area contributed by atoms with Gasteiger partial charge < -0.3 is 15.3 Å². The van der Waals surface area contributed by atoms with Gasteiger partial charge in [-0.05, 0) is 59.7 Å². The van der Waals surface area contributed by atoms with Crippen molar-refractivity contribution >= 4 is 17.9 Å². The normalized spacial score (nSPS) is 10.5. The van der Waals surface area contributed by atoms with Crippen molar-refractivity contribution in [2.45, 2.75) is 0 Å². The summed E-state index contributed by atoms with van der Waals surface area (Å²) in [6.45, 7) is 0. The molecule has 4 rings (SSSR count). The zero-order valence-electron chi connectivity index (χ0n) is 16.8. The van der Waals surface area contributed by atoms with Gasteiger partial charge in [0, 0.05) is 12.4 Å². The predicted octanol–water partition coefficient (Wildman–Crippen LogP) is 3.97. The van der Waals surface area contributed by atoms with Crippen LogP contribution >= 0.6 is 0 Å². The van der Waals surface area contributed by atoms with Crippen LogP contribution in [0.5, 0.6) is 0 Å². The lowest BCUT2D eigenvalue weighted by Crippen LogP contribution is -2.00. The first-order valence-electron chi connectivity index (χ1n) is 9.57. The van der Waals surface area contributed by atoms with Gasteiger partial charge in [0.25, 0.3) is 0 Å². The van der Waals surface area contributed by atoms with Crippen LogP contribution < -0.4 is 0 Å². The molecule has 162 valence electrons. The van der Waals surface area contributed by atoms with E-state index in [1.54, 1.807) is 24.3 Å². The van der Waals surface area contributed by atoms with Crippen molar-refractivity contribution < 1.29 is 29.7 Å². The second kappa shape index (κ2) is 8.67. The number of aromatic carboxylic acids is 3. The summed E-state index contributed by atoms with van der Waals surface area (Å²) in [5, 5.41) is 27.4. The van der Waals surface area contributed by atoms with Crippen molar-refractivity contribution in [3.63, 3.8) is 0 Å². The SMILES string of the molecule is O=C(O)c1ccc(-c2cc(-c3ccc(C(=O)O)cn3)nc(-c3ccc(C(=O)O)cn3)c2)cc1. The molecule has 3 N–H and O–H groups in total. The average Bonchev–Trinajstić information content (AvgIpc) is 2.84. The van der Waals surface area contributed by atoms with E-state index in [4.69, 9.17) is 15.3 Å². The number of nitrogens with zero attached hydrogens (tertiary/aromatic N) is 3. The van der Waals surface area contributed by atoms with Gasteiger partial charge in [0.05, 0.1) is 39.5 Å². The number of carbonyl (C=O) groups is 3. The van der Waals surface area contributed by atoms with Gasteiger partial charge in [-0.3, -0.25) is 9.97 Å². The van der Waals surface area contributed by atoms with Crippen molar-refractivity contribution in [3.05, 3.63) is 89.7 Å². The van der Waals surface area contributed by atoms with Gasteiger partial charge >= 0.3 is 17.9 Å². The number of benzene rings is 1. The van der Waals surface area contributed by atoms with Crippen LogP contribution in [0.3, 0.4) is 0 Å². The van der Waals surface area contributed by atoms with Crippen LogP contribution in [0.1, 0.15) is 31.1 Å². The molecule has 1 aromatic carbocycles. The molecule has 0 aliphatic rings. The maximum Gasteiger partial charge on any atom is 0.337 e. The highest BCUT2D eigenvalue weighted by Gasteiger charge is 2.13. The van der Waals surface area contributed by atoms with Crippen molar-refractivity contribution in [2.24, 2.45) is 0 Å². The minimum absolute atomic E-state index is 0.0327. The quantitative estimate of drug-likeness (QED) is 0.404. The molecule has 3 heterocycles. The van der Waals surface area contributed by atoms with Gasteiger partial charge in [0.2, 0.25) is 0 Å². The lowest BCUT2D eigenvalue weighted by molar-refractivity contribution is 0.0685. The molecule has 4 aromatic rings. The molecular formula is C24H15N3O6. The standard InChI is InChI=1S/C24H15N3O6/c28-22(29)14-3-1-13(2-4-14)17-9-20(18-7-5-15(11-25-18)23(30)31)27-21(10-17)19-8-6-16(12-26-19)24(32)33/h1-12H,(H,28,29)(H,30,31)(H,32,33). The first-order valence-corrected chi connectivity index (χ1v) is 9.57. The molecule has 0 aliphatic carbocycles. The summed E-state index contributed by atoms with van der Waals surface area (Å²) >= 11 is 0. The Labute approximate surface area is 186 Å². The van der Waals surface area contributed by atoms with E-state index in [1.807, 2.05) is 0 Å². The van der Waals surface area contributed by atoms with Crippen LogP contribution in [-0.2, 0) is 0 Å². The minimum atomic E-state index is -1.10. The fourth-order valence-electron chi connectivity index (χ4n) is 3.11. The third-order valence-electron chi connectivity index (χ3n) is 4.84. The molecular weight excluding hydrogens is 426 g/mol. The van der Waals surface area contributed by atoms with Gasteiger partial charge in [0.15, 0.2) is 0 Å². The summed E-state index contributed by atoms with van der Waals surface area (Å²) in [5.41, 5.74) is 3.34. The van der Waals surface area contributed by atoms with Crippen LogP contribution in [0.4, 0.5) is 0 Å². The molecule has 0 amide bonds. The molecule has 0 atom stereocenters. The molecule has 0 aliphatic heterocycles. The second-order valence-electron chi connectivity index (χ2n) is 6.98. The summed E-state index contributed by atoms with van der Waals surface area (Å²) in [7, 11) is 0. The van der Waals surface area contributed by atoms with Gasteiger partial charge in [-0.25, -0.2) is 19.4 Å². The van der Waals surface area contributed by atoms with Crippen molar-refractivity contribution in [1.82, 2.24) is 15.0 Å². The monoisotopic (exact) mass is 441 g/mol. The van der Waals surface area contributed by atoms with E-state index in [9.17, 15) is 14.4 Å². The molecule has 0 fully saturated rings. The van der Waals surface area contributed by atoms with E-state index in [0.29, 0.717) is 33.9 Å². The van der Waals surface area contributed by atoms with Crippen molar-refractivity contribution in [3.8, 4) is 33.9 Å². The number of hydrogen-bond donors (Lipinski definition) is 3. The summed E-state index contributed by atoms with van der Waals surface area (Å²) in [6.07, 6.45) is 2.46. The number of hydrogen-bond acceptors (Lipinski definition) is 6. The summed E-state index contributed by atoms with van der Waals surface area (Å²) in [5.74, 6) is -3.24. The second-order valence-corrected chi connectivity index (χ2v) is 6.98. The third kappa shape index (κ3) is 4.57. The number of pyridine rings is 3. The zero-order valence-corrected chi connectivity index (χ0v) is 16.8. The molecule has 0 bridgehead atoms. The van der Waals surface area contributed by atoms with E-state index < -0.39 is 17.9 Å². The average molecular weight is 441 g/mol. The van der Waals surface area contributed by atoms with E-state index in [2.05, 4.69) is 15.0 Å². The van der Waals surface area contributed by atoms with Gasteiger partial charge in [-0.15, -0.1) is 0 Å². The highest BCUT2D eigenvalue weighted by Crippen LogP contribution is 2.29. The van der Waals surface area contributed by atoms with Crippen molar-refractivity contribution in [1.29, 1.82) is 0 Å². The molecule has 33 heavy (non-hydrogen) atoms. The smallest absolute Gasteiger partial charge is 0.337 e. The highest BCUT2D eigenvalue weighted by atomic mass is 16.4. The predicted molar refractivity (Wildman–Crippen MR) is 117 cm³/mol. The van der Waals surface area contributed by atoms with Crippen LogP contribution in [0, 0.1) is 0 Å². The van der Waals surface area contributed by atoms with E-state index in [0.717, 1.165) is 0 Å². The third-order valence-corrected chi connectivity index (χ3v) is 4.84. The van der Waals surface area contributed by atoms with E-state index >= 15 is 0 Å². The lowest BCUT2D eigenvalue weighted by atomic mass is 10.0. The Morgan fingerprint density at radius 1 is 0.515 bits per heavy atom. The largest absolute Gasteiger partial charge is 0.478 e. The number of carboxylic acids is 3. The van der Waals surface area contributed by atoms with Crippen LogP contribution in [-0.4, -0.2) is 48.2 Å². The molecule has 3 aromatic heterocycles. The Kier molecular flexibility index (Phi) is 5.60. The van der Waals surface area contributed by atoms with Gasteiger partial charge in [0.1, 0.15) is 0 Å².